The van der Waals surface area contributed by atoms with Gasteiger partial charge in [-0.15, -0.1) is 0 Å². The van der Waals surface area contributed by atoms with Gasteiger partial charge in [0.15, 0.2) is 12.4 Å². The van der Waals surface area contributed by atoms with Gasteiger partial charge in [-0.1, -0.05) is 59.1 Å². The van der Waals surface area contributed by atoms with Crippen LogP contribution in [0.3, 0.4) is 0 Å². The lowest BCUT2D eigenvalue weighted by Gasteiger charge is -2.51. The van der Waals surface area contributed by atoms with E-state index in [2.05, 4.69) is 13.5 Å². The number of fused-ring (bicyclic) bond motifs is 4. The lowest BCUT2D eigenvalue weighted by molar-refractivity contribution is -0.327. The Kier molecular flexibility index (Phi) is 16.5. The molecule has 4 bridgehead atoms. The van der Waals surface area contributed by atoms with Gasteiger partial charge in [-0.3, -0.25) is 4.79 Å². The molecule has 3 rings (SSSR count). The van der Waals surface area contributed by atoms with Gasteiger partial charge in [0.05, 0.1) is 44.4 Å². The molecule has 0 aromatic rings. The first-order valence-corrected chi connectivity index (χ1v) is 17.5. The van der Waals surface area contributed by atoms with Crippen LogP contribution in [-0.2, 0) is 42.7 Å². The first-order valence-electron chi connectivity index (χ1n) is 17.5. The first-order chi connectivity index (χ1) is 22.9. The van der Waals surface area contributed by atoms with Gasteiger partial charge in [-0.05, 0) is 43.8 Å². The Morgan fingerprint density at radius 3 is 2.52 bits per heavy atom. The molecule has 0 spiro atoms. The van der Waals surface area contributed by atoms with Crippen molar-refractivity contribution >= 4 is 11.9 Å². The first kappa shape index (κ1) is 40.1. The average molecular weight is 683 g/mol. The van der Waals surface area contributed by atoms with E-state index in [-0.39, 0.29) is 37.5 Å². The van der Waals surface area contributed by atoms with E-state index in [1.54, 1.807) is 26.0 Å². The molecule has 3 heterocycles. The summed E-state index contributed by atoms with van der Waals surface area (Å²) in [5.74, 6) is -3.10. The third-order valence-corrected chi connectivity index (χ3v) is 9.09. The molecule has 0 aliphatic carbocycles. The number of rotatable bonds is 9. The normalized spacial score (nSPS) is 33.6. The van der Waals surface area contributed by atoms with Crippen molar-refractivity contribution in [2.24, 2.45) is 5.41 Å². The van der Waals surface area contributed by atoms with Crippen LogP contribution in [0.2, 0.25) is 0 Å². The largest absolute Gasteiger partial charge is 0.493 e. The number of aliphatic hydroxyl groups excluding tert-OH is 2. The fourth-order valence-corrected chi connectivity index (χ4v) is 6.17. The minimum atomic E-state index is -2.18. The lowest BCUT2D eigenvalue weighted by atomic mass is 9.74. The maximum absolute atomic E-state index is 13.2. The number of hydrogen-bond donors (Lipinski definition) is 3. The van der Waals surface area contributed by atoms with E-state index in [4.69, 9.17) is 33.2 Å². The number of esters is 2. The second-order valence-electron chi connectivity index (χ2n) is 13.5. The maximum atomic E-state index is 13.2. The predicted molar refractivity (Wildman–Crippen MR) is 176 cm³/mol. The van der Waals surface area contributed by atoms with Crippen molar-refractivity contribution < 1.29 is 58.1 Å². The molecule has 0 aromatic heterocycles. The predicted octanol–water partition coefficient (Wildman–Crippen LogP) is 4.39. The van der Waals surface area contributed by atoms with E-state index in [0.29, 0.717) is 51.1 Å². The highest BCUT2D eigenvalue weighted by Gasteiger charge is 2.57. The molecular weight excluding hydrogens is 624 g/mol. The molecule has 3 N–H and O–H groups in total. The molecule has 3 aliphatic rings. The van der Waals surface area contributed by atoms with Gasteiger partial charge < -0.3 is 48.5 Å². The van der Waals surface area contributed by atoms with E-state index in [0.717, 1.165) is 25.7 Å². The molecule has 3 aliphatic heterocycles. The second kappa shape index (κ2) is 19.8. The summed E-state index contributed by atoms with van der Waals surface area (Å²) >= 11 is 0. The Hall–Kier alpha value is -2.32. The number of ether oxygens (including phenoxy) is 7. The van der Waals surface area contributed by atoms with Crippen molar-refractivity contribution in [3.05, 3.63) is 36.1 Å². The third-order valence-electron chi connectivity index (χ3n) is 9.09. The molecule has 12 nitrogen and oxygen atoms in total. The Morgan fingerprint density at radius 2 is 1.79 bits per heavy atom. The van der Waals surface area contributed by atoms with E-state index in [9.17, 15) is 24.9 Å². The molecule has 2 fully saturated rings. The Balaban J connectivity index is 1.99. The van der Waals surface area contributed by atoms with Gasteiger partial charge in [0, 0.05) is 44.0 Å². The standard InChI is InChI=1S/C36H58O12/c1-6-7-8-9-10-11-31(39)47-34-26(22-32(40)42-5)21-29-23-30(24-37)45-25(2)20-27(38)13-17-43-18-14-28-15-19-44-33(46-28)12-16-35(3,4)36(34,41)48-29/h12,16,22,27-30,33-34,37-38,41H,2,6-11,13-15,17-21,23-24H2,1,3-5H3/b16-12+,26-22+/t27-,28-,29?,30-,33+,34+,36-/m1/s1. The molecule has 0 saturated carbocycles. The van der Waals surface area contributed by atoms with Crippen LogP contribution in [0.4, 0.5) is 0 Å². The highest BCUT2D eigenvalue weighted by Crippen LogP contribution is 2.47. The Labute approximate surface area is 285 Å². The number of unbranched alkanes of at least 4 members (excludes halogenated alkanes) is 4. The van der Waals surface area contributed by atoms with Crippen molar-refractivity contribution in [1.82, 2.24) is 0 Å². The molecule has 12 heteroatoms. The quantitative estimate of drug-likeness (QED) is 0.136. The number of hydrogen-bond acceptors (Lipinski definition) is 12. The van der Waals surface area contributed by atoms with Crippen LogP contribution in [0.1, 0.15) is 97.8 Å². The van der Waals surface area contributed by atoms with Crippen LogP contribution < -0.4 is 0 Å². The van der Waals surface area contributed by atoms with E-state index >= 15 is 0 Å². The topological polar surface area (TPSA) is 159 Å². The molecule has 48 heavy (non-hydrogen) atoms. The van der Waals surface area contributed by atoms with Crippen LogP contribution in [0.5, 0.6) is 0 Å². The van der Waals surface area contributed by atoms with Crippen LogP contribution in [0.15, 0.2) is 36.1 Å². The number of methoxy groups -OCH3 is 1. The number of carbonyl (C=O) groups excluding carboxylic acids is 2. The van der Waals surface area contributed by atoms with Crippen LogP contribution in [0, 0.1) is 5.41 Å². The molecule has 7 atom stereocenters. The van der Waals surface area contributed by atoms with Crippen LogP contribution >= 0.6 is 0 Å². The van der Waals surface area contributed by atoms with Crippen molar-refractivity contribution in [3.8, 4) is 0 Å². The fourth-order valence-electron chi connectivity index (χ4n) is 6.17. The zero-order chi connectivity index (χ0) is 35.2. The van der Waals surface area contributed by atoms with Gasteiger partial charge >= 0.3 is 11.9 Å². The average Bonchev–Trinajstić information content (AvgIpc) is 3.04. The SMILES string of the molecule is C=C1C[C@H](O)CCOCC[C@@H]2CCO[C@H](/C=C/C(C)(C)[C@]3(O)OC(C/C(=C\C(=O)OC)[C@@H]3OC(=O)CCCCCCC)C[C@H](CO)O1)O2. The molecule has 0 radical (unpaired) electrons. The smallest absolute Gasteiger partial charge is 0.330 e. The highest BCUT2D eigenvalue weighted by molar-refractivity contribution is 5.83. The minimum Gasteiger partial charge on any atom is -0.493 e. The summed E-state index contributed by atoms with van der Waals surface area (Å²) in [4.78, 5) is 25.8. The van der Waals surface area contributed by atoms with Gasteiger partial charge in [0.1, 0.15) is 6.10 Å². The van der Waals surface area contributed by atoms with E-state index in [1.807, 2.05) is 0 Å². The van der Waals surface area contributed by atoms with Crippen molar-refractivity contribution in [3.63, 3.8) is 0 Å². The van der Waals surface area contributed by atoms with Gasteiger partial charge in [-0.25, -0.2) is 4.79 Å². The molecule has 0 aromatic carbocycles. The zero-order valence-corrected chi connectivity index (χ0v) is 29.2. The summed E-state index contributed by atoms with van der Waals surface area (Å²) in [5, 5.41) is 33.3. The lowest BCUT2D eigenvalue weighted by Crippen LogP contribution is -2.62. The summed E-state index contributed by atoms with van der Waals surface area (Å²) < 4.78 is 41.0. The zero-order valence-electron chi connectivity index (χ0n) is 29.2. The summed E-state index contributed by atoms with van der Waals surface area (Å²) in [6, 6.07) is 0. The van der Waals surface area contributed by atoms with Crippen molar-refractivity contribution in [2.75, 3.05) is 33.5 Å². The fraction of sp³-hybridized carbons (Fsp3) is 0.778. The minimum absolute atomic E-state index is 0.0779. The van der Waals surface area contributed by atoms with Crippen molar-refractivity contribution in [1.29, 1.82) is 0 Å². The van der Waals surface area contributed by atoms with E-state index in [1.165, 1.54) is 13.2 Å². The van der Waals surface area contributed by atoms with Crippen LogP contribution in [0.25, 0.3) is 0 Å². The summed E-state index contributed by atoms with van der Waals surface area (Å²) in [7, 11) is 1.24. The van der Waals surface area contributed by atoms with Gasteiger partial charge in [0.25, 0.3) is 0 Å². The summed E-state index contributed by atoms with van der Waals surface area (Å²) in [6.45, 7) is 10.4. The molecule has 274 valence electrons. The number of aliphatic hydroxyl groups is 3. The van der Waals surface area contributed by atoms with Crippen molar-refractivity contribution in [2.45, 2.75) is 140 Å². The summed E-state index contributed by atoms with van der Waals surface area (Å²) in [6.07, 6.45) is 6.91. The molecular formula is C36H58O12. The van der Waals surface area contributed by atoms with Gasteiger partial charge in [0.2, 0.25) is 5.79 Å². The van der Waals surface area contributed by atoms with E-state index < -0.39 is 60.5 Å². The summed E-state index contributed by atoms with van der Waals surface area (Å²) in [5.41, 5.74) is -0.931. The molecule has 0 amide bonds. The molecule has 2 saturated heterocycles. The highest BCUT2D eigenvalue weighted by atomic mass is 16.7. The second-order valence-corrected chi connectivity index (χ2v) is 13.5. The molecule has 1 unspecified atom stereocenters. The Bertz CT molecular complexity index is 1090. The maximum Gasteiger partial charge on any atom is 0.330 e. The Morgan fingerprint density at radius 1 is 1.06 bits per heavy atom. The monoisotopic (exact) mass is 682 g/mol. The third kappa shape index (κ3) is 12.2. The number of carbonyl (C=O) groups is 2. The van der Waals surface area contributed by atoms with Gasteiger partial charge in [-0.2, -0.15) is 0 Å². The van der Waals surface area contributed by atoms with Crippen LogP contribution in [-0.4, -0.2) is 103 Å².